The van der Waals surface area contributed by atoms with E-state index in [0.717, 1.165) is 49.3 Å². The molecule has 2 saturated heterocycles. The third-order valence-corrected chi connectivity index (χ3v) is 8.30. The van der Waals surface area contributed by atoms with E-state index in [9.17, 15) is 14.0 Å². The van der Waals surface area contributed by atoms with Crippen LogP contribution in [0.25, 0.3) is 10.6 Å². The second-order valence-electron chi connectivity index (χ2n) is 9.37. The molecule has 1 aromatic heterocycles. The number of rotatable bonds is 4. The number of nitrogens with zero attached hydrogens (tertiary/aromatic N) is 3. The Balaban J connectivity index is 1.35. The van der Waals surface area contributed by atoms with E-state index < -0.39 is 0 Å². The van der Waals surface area contributed by atoms with Gasteiger partial charge in [0.05, 0.1) is 5.69 Å². The molecule has 0 N–H and O–H groups in total. The Morgan fingerprint density at radius 2 is 1.62 bits per heavy atom. The molecule has 0 saturated carbocycles. The van der Waals surface area contributed by atoms with Crippen LogP contribution in [0.3, 0.4) is 0 Å². The average molecular weight is 458 g/mol. The molecule has 2 aliphatic heterocycles. The molecular weight excluding hydrogens is 425 g/mol. The first-order valence-corrected chi connectivity index (χ1v) is 12.5. The van der Waals surface area contributed by atoms with Crippen molar-refractivity contribution in [2.24, 2.45) is 17.8 Å². The molecule has 4 rings (SSSR count). The molecule has 2 amide bonds. The van der Waals surface area contributed by atoms with Crippen LogP contribution < -0.4 is 0 Å². The van der Waals surface area contributed by atoms with E-state index in [1.807, 2.05) is 16.7 Å². The highest BCUT2D eigenvalue weighted by atomic mass is 32.1. The number of aryl methyl sites for hydroxylation is 1. The van der Waals surface area contributed by atoms with Gasteiger partial charge in [-0.2, -0.15) is 0 Å². The van der Waals surface area contributed by atoms with E-state index in [1.54, 1.807) is 12.1 Å². The second-order valence-corrected chi connectivity index (χ2v) is 10.4. The van der Waals surface area contributed by atoms with Gasteiger partial charge in [-0.3, -0.25) is 9.59 Å². The molecule has 32 heavy (non-hydrogen) atoms. The van der Waals surface area contributed by atoms with Crippen LogP contribution in [0.5, 0.6) is 0 Å². The standard InChI is InChI=1S/C25H32FN3O2S/c1-16-8-12-28(13-9-16)24(30)17(2)19-10-14-29(15-11-19)25(31)22-18(3)27-23(32-22)20-4-6-21(26)7-5-20/h4-7,16-17,19H,8-15H2,1-3H3. The molecule has 0 bridgehead atoms. The first kappa shape index (κ1) is 22.9. The van der Waals surface area contributed by atoms with Gasteiger partial charge < -0.3 is 9.80 Å². The number of carbonyl (C=O) groups excluding carboxylic acids is 2. The quantitative estimate of drug-likeness (QED) is 0.649. The predicted molar refractivity (Wildman–Crippen MR) is 125 cm³/mol. The molecule has 2 aliphatic rings. The number of aromatic nitrogens is 1. The van der Waals surface area contributed by atoms with Gasteiger partial charge in [-0.05, 0) is 68.7 Å². The fourth-order valence-electron chi connectivity index (χ4n) is 4.78. The maximum absolute atomic E-state index is 13.2. The first-order valence-electron chi connectivity index (χ1n) is 11.6. The number of amides is 2. The maximum atomic E-state index is 13.2. The number of carbonyl (C=O) groups is 2. The molecule has 0 radical (unpaired) electrons. The summed E-state index contributed by atoms with van der Waals surface area (Å²) in [5.41, 5.74) is 1.53. The Bertz CT molecular complexity index is 958. The van der Waals surface area contributed by atoms with Crippen molar-refractivity contribution < 1.29 is 14.0 Å². The summed E-state index contributed by atoms with van der Waals surface area (Å²) in [5, 5.41) is 0.732. The number of likely N-dealkylation sites (tertiary alicyclic amines) is 2. The van der Waals surface area contributed by atoms with Crippen molar-refractivity contribution >= 4 is 23.2 Å². The zero-order valence-electron chi connectivity index (χ0n) is 19.1. The fourth-order valence-corrected chi connectivity index (χ4v) is 5.82. The van der Waals surface area contributed by atoms with E-state index in [0.29, 0.717) is 35.5 Å². The third-order valence-electron chi connectivity index (χ3n) is 7.10. The second kappa shape index (κ2) is 9.69. The lowest BCUT2D eigenvalue weighted by Crippen LogP contribution is -2.45. The van der Waals surface area contributed by atoms with Gasteiger partial charge >= 0.3 is 0 Å². The number of hydrogen-bond donors (Lipinski definition) is 0. The highest BCUT2D eigenvalue weighted by Crippen LogP contribution is 2.32. The average Bonchev–Trinajstić information content (AvgIpc) is 3.20. The van der Waals surface area contributed by atoms with Crippen molar-refractivity contribution in [3.05, 3.63) is 40.7 Å². The molecule has 0 spiro atoms. The lowest BCUT2D eigenvalue weighted by molar-refractivity contribution is -0.138. The lowest BCUT2D eigenvalue weighted by atomic mass is 9.84. The number of piperidine rings is 2. The zero-order valence-corrected chi connectivity index (χ0v) is 20.0. The Morgan fingerprint density at radius 1 is 1.03 bits per heavy atom. The number of halogens is 1. The van der Waals surface area contributed by atoms with Crippen molar-refractivity contribution in [2.45, 2.75) is 46.5 Å². The van der Waals surface area contributed by atoms with Gasteiger partial charge in [0.2, 0.25) is 5.91 Å². The molecule has 2 fully saturated rings. The Morgan fingerprint density at radius 3 is 2.25 bits per heavy atom. The number of hydrogen-bond acceptors (Lipinski definition) is 4. The molecule has 3 heterocycles. The minimum Gasteiger partial charge on any atom is -0.342 e. The summed E-state index contributed by atoms with van der Waals surface area (Å²) in [6, 6.07) is 6.19. The van der Waals surface area contributed by atoms with Crippen molar-refractivity contribution in [2.75, 3.05) is 26.2 Å². The van der Waals surface area contributed by atoms with Crippen LogP contribution in [0.2, 0.25) is 0 Å². The van der Waals surface area contributed by atoms with Crippen molar-refractivity contribution in [3.8, 4) is 10.6 Å². The van der Waals surface area contributed by atoms with Gasteiger partial charge in [0.15, 0.2) is 0 Å². The van der Waals surface area contributed by atoms with Crippen LogP contribution in [0, 0.1) is 30.5 Å². The molecule has 0 aliphatic carbocycles. The van der Waals surface area contributed by atoms with Crippen molar-refractivity contribution in [1.29, 1.82) is 0 Å². The van der Waals surface area contributed by atoms with Crippen LogP contribution in [-0.2, 0) is 4.79 Å². The summed E-state index contributed by atoms with van der Waals surface area (Å²) in [6.45, 7) is 9.26. The molecule has 1 unspecified atom stereocenters. The third kappa shape index (κ3) is 4.87. The molecule has 2 aromatic rings. The largest absolute Gasteiger partial charge is 0.342 e. The van der Waals surface area contributed by atoms with Crippen LogP contribution in [0.1, 0.15) is 54.9 Å². The predicted octanol–water partition coefficient (Wildman–Crippen LogP) is 5.00. The summed E-state index contributed by atoms with van der Waals surface area (Å²) in [6.07, 6.45) is 3.90. The summed E-state index contributed by atoms with van der Waals surface area (Å²) in [4.78, 5) is 35.3. The normalized spacial score (nSPS) is 19.2. The van der Waals surface area contributed by atoms with E-state index in [-0.39, 0.29) is 23.5 Å². The fraction of sp³-hybridized carbons (Fsp3) is 0.560. The van der Waals surface area contributed by atoms with Crippen molar-refractivity contribution in [1.82, 2.24) is 14.8 Å². The van der Waals surface area contributed by atoms with Gasteiger partial charge in [0, 0.05) is 37.7 Å². The van der Waals surface area contributed by atoms with Gasteiger partial charge in [0.25, 0.3) is 5.91 Å². The Labute approximate surface area is 193 Å². The van der Waals surface area contributed by atoms with E-state index >= 15 is 0 Å². The smallest absolute Gasteiger partial charge is 0.265 e. The van der Waals surface area contributed by atoms with Gasteiger partial charge in [0.1, 0.15) is 15.7 Å². The number of benzene rings is 1. The Hall–Kier alpha value is -2.28. The van der Waals surface area contributed by atoms with Crippen LogP contribution in [0.15, 0.2) is 24.3 Å². The number of thiazole rings is 1. The maximum Gasteiger partial charge on any atom is 0.265 e. The van der Waals surface area contributed by atoms with Crippen LogP contribution >= 0.6 is 11.3 Å². The monoisotopic (exact) mass is 457 g/mol. The SMILES string of the molecule is Cc1nc(-c2ccc(F)cc2)sc1C(=O)N1CCC(C(C)C(=O)N2CCC(C)CC2)CC1. The van der Waals surface area contributed by atoms with Crippen LogP contribution in [-0.4, -0.2) is 52.8 Å². The summed E-state index contributed by atoms with van der Waals surface area (Å²) in [7, 11) is 0. The van der Waals surface area contributed by atoms with E-state index in [1.165, 1.54) is 23.5 Å². The van der Waals surface area contributed by atoms with Gasteiger partial charge in [-0.15, -0.1) is 11.3 Å². The summed E-state index contributed by atoms with van der Waals surface area (Å²) < 4.78 is 13.2. The Kier molecular flexibility index (Phi) is 6.93. The molecule has 1 atom stereocenters. The minimum absolute atomic E-state index is 0.0100. The summed E-state index contributed by atoms with van der Waals surface area (Å²) >= 11 is 1.37. The lowest BCUT2D eigenvalue weighted by Gasteiger charge is -2.37. The molecule has 7 heteroatoms. The van der Waals surface area contributed by atoms with Gasteiger partial charge in [-0.1, -0.05) is 13.8 Å². The summed E-state index contributed by atoms with van der Waals surface area (Å²) in [5.74, 6) is 1.05. The highest BCUT2D eigenvalue weighted by molar-refractivity contribution is 7.17. The molecular formula is C25H32FN3O2S. The van der Waals surface area contributed by atoms with Crippen molar-refractivity contribution in [3.63, 3.8) is 0 Å². The van der Waals surface area contributed by atoms with E-state index in [4.69, 9.17) is 0 Å². The van der Waals surface area contributed by atoms with E-state index in [2.05, 4.69) is 18.8 Å². The molecule has 5 nitrogen and oxygen atoms in total. The van der Waals surface area contributed by atoms with Gasteiger partial charge in [-0.25, -0.2) is 9.37 Å². The minimum atomic E-state index is -0.288. The molecule has 1 aromatic carbocycles. The topological polar surface area (TPSA) is 53.5 Å². The first-order chi connectivity index (χ1) is 15.3. The molecule has 172 valence electrons. The highest BCUT2D eigenvalue weighted by Gasteiger charge is 2.34. The van der Waals surface area contributed by atoms with Crippen LogP contribution in [0.4, 0.5) is 4.39 Å². The zero-order chi connectivity index (χ0) is 22.8.